The Kier molecular flexibility index (Phi) is 7.24. The number of anilines is 2. The summed E-state index contributed by atoms with van der Waals surface area (Å²) in [6.07, 6.45) is 3.93. The van der Waals surface area contributed by atoms with E-state index in [9.17, 15) is 14.0 Å². The van der Waals surface area contributed by atoms with Gasteiger partial charge in [0, 0.05) is 46.7 Å². The van der Waals surface area contributed by atoms with Crippen LogP contribution in [0.1, 0.15) is 12.8 Å². The van der Waals surface area contributed by atoms with Crippen LogP contribution in [0.5, 0.6) is 23.0 Å². The number of hydrogen-bond donors (Lipinski definition) is 2. The number of methoxy groups -OCH3 is 1. The van der Waals surface area contributed by atoms with Crippen molar-refractivity contribution in [1.82, 2.24) is 4.98 Å². The Morgan fingerprint density at radius 2 is 1.65 bits per heavy atom. The van der Waals surface area contributed by atoms with Gasteiger partial charge in [-0.1, -0.05) is 11.5 Å². The fourth-order valence-electron chi connectivity index (χ4n) is 4.50. The molecule has 3 aromatic carbocycles. The number of rotatable bonds is 10. The monoisotopic (exact) mass is 579 g/mol. The summed E-state index contributed by atoms with van der Waals surface area (Å²) < 4.78 is 45.6. The Labute approximate surface area is 244 Å². The Hall–Kier alpha value is -5.65. The Balaban J connectivity index is 1.16. The van der Waals surface area contributed by atoms with E-state index in [0.29, 0.717) is 46.7 Å². The molecule has 1 aromatic heterocycles. The van der Waals surface area contributed by atoms with Crippen molar-refractivity contribution in [3.63, 3.8) is 0 Å². The summed E-state index contributed by atoms with van der Waals surface area (Å²) in [6.45, 7) is 0.242. The summed E-state index contributed by atoms with van der Waals surface area (Å²) in [7, 11) is 1.51. The minimum absolute atomic E-state index is 0.0841. The number of pyridine rings is 1. The van der Waals surface area contributed by atoms with Gasteiger partial charge in [-0.3, -0.25) is 14.6 Å². The zero-order valence-electron chi connectivity index (χ0n) is 22.8. The highest BCUT2D eigenvalue weighted by atomic mass is 19.1. The van der Waals surface area contributed by atoms with Crippen molar-refractivity contribution >= 4 is 34.1 Å². The van der Waals surface area contributed by atoms with Crippen molar-refractivity contribution in [1.29, 1.82) is 0 Å². The molecule has 0 spiro atoms. The average Bonchev–Trinajstić information content (AvgIpc) is 3.67. The van der Waals surface area contributed by atoms with Crippen molar-refractivity contribution in [2.45, 2.75) is 12.8 Å². The number of carbonyl (C=O) groups is 2. The molecule has 0 aliphatic heterocycles. The van der Waals surface area contributed by atoms with Crippen molar-refractivity contribution < 1.29 is 32.6 Å². The molecule has 2 N–H and O–H groups in total. The van der Waals surface area contributed by atoms with E-state index in [4.69, 9.17) is 14.2 Å². The topological polar surface area (TPSA) is 98.8 Å². The number of nitrogens with zero attached hydrogens (tertiary/aromatic N) is 1. The average molecular weight is 580 g/mol. The van der Waals surface area contributed by atoms with E-state index in [-0.39, 0.29) is 18.0 Å². The Morgan fingerprint density at radius 3 is 2.33 bits per heavy atom. The predicted octanol–water partition coefficient (Wildman–Crippen LogP) is 6.46. The maximum absolute atomic E-state index is 15.2. The smallest absolute Gasteiger partial charge is 0.240 e. The van der Waals surface area contributed by atoms with Gasteiger partial charge in [0.2, 0.25) is 11.8 Å². The lowest BCUT2D eigenvalue weighted by atomic mass is 10.0. The summed E-state index contributed by atoms with van der Waals surface area (Å²) in [5.74, 6) is -1.10. The molecule has 0 atom stereocenters. The van der Waals surface area contributed by atoms with Crippen molar-refractivity contribution in [2.24, 2.45) is 5.41 Å². The molecule has 4 aromatic rings. The third-order valence-electron chi connectivity index (χ3n) is 7.04. The lowest BCUT2D eigenvalue weighted by molar-refractivity contribution is -0.131. The first-order valence-corrected chi connectivity index (χ1v) is 13.3. The lowest BCUT2D eigenvalue weighted by Crippen LogP contribution is -2.35. The predicted molar refractivity (Wildman–Crippen MR) is 154 cm³/mol. The second kappa shape index (κ2) is 11.3. The van der Waals surface area contributed by atoms with E-state index in [1.165, 1.54) is 49.7 Å². The largest absolute Gasteiger partial charge is 0.493 e. The molecule has 2 amide bonds. The van der Waals surface area contributed by atoms with Gasteiger partial charge in [-0.2, -0.15) is 0 Å². The molecule has 1 heterocycles. The van der Waals surface area contributed by atoms with Gasteiger partial charge >= 0.3 is 0 Å². The fraction of sp³-hybridized carbons (Fsp3) is 0.152. The van der Waals surface area contributed by atoms with E-state index < -0.39 is 28.9 Å². The van der Waals surface area contributed by atoms with Crippen LogP contribution in [0.3, 0.4) is 0 Å². The number of ether oxygens (including phenoxy) is 3. The first-order valence-electron chi connectivity index (χ1n) is 13.3. The van der Waals surface area contributed by atoms with Crippen LogP contribution in [-0.2, 0) is 9.59 Å². The summed E-state index contributed by atoms with van der Waals surface area (Å²) in [5, 5.41) is 5.83. The number of fused-ring (bicyclic) bond motifs is 1. The fourth-order valence-corrected chi connectivity index (χ4v) is 4.50. The molecule has 10 heteroatoms. The van der Waals surface area contributed by atoms with E-state index in [1.807, 2.05) is 0 Å². The van der Waals surface area contributed by atoms with Gasteiger partial charge in [0.15, 0.2) is 23.1 Å². The first kappa shape index (κ1) is 27.5. The molecule has 2 aliphatic carbocycles. The van der Waals surface area contributed by atoms with Crippen LogP contribution in [-0.4, -0.2) is 30.5 Å². The molecule has 0 saturated heterocycles. The number of nitrogens with one attached hydrogen (secondary N) is 2. The molecule has 0 bridgehead atoms. The normalized spacial score (nSPS) is 13.9. The van der Waals surface area contributed by atoms with Gasteiger partial charge in [-0.05, 0) is 67.1 Å². The molecule has 1 fully saturated rings. The minimum Gasteiger partial charge on any atom is -0.493 e. The molecule has 2 aliphatic rings. The van der Waals surface area contributed by atoms with Gasteiger partial charge in [0.25, 0.3) is 0 Å². The van der Waals surface area contributed by atoms with Gasteiger partial charge in [-0.25, -0.2) is 8.78 Å². The molecule has 43 heavy (non-hydrogen) atoms. The lowest BCUT2D eigenvalue weighted by Gasteiger charge is -2.16. The van der Waals surface area contributed by atoms with Crippen LogP contribution in [0, 0.1) is 17.0 Å². The van der Waals surface area contributed by atoms with Gasteiger partial charge in [0.05, 0.1) is 12.6 Å². The standard InChI is InChI=1S/C33H23F2N3O5/c1-41-29-17-24-26(18-30(29)42-19-20-4-2-3-5-20)36-15-12-27(24)43-28-11-10-23(16-25(28)35)38-32(40)33(13-14-33)31(39)37-22-8-6-21(34)7-9-22/h4,6-12,15-18H,13-14,19H2,1H3,(H,37,39)(H,38,40). The molecule has 214 valence electrons. The van der Waals surface area contributed by atoms with Crippen LogP contribution >= 0.6 is 0 Å². The van der Waals surface area contributed by atoms with Gasteiger partial charge < -0.3 is 24.8 Å². The van der Waals surface area contributed by atoms with Gasteiger partial charge in [-0.15, -0.1) is 0 Å². The molecular weight excluding hydrogens is 556 g/mol. The second-order valence-corrected chi connectivity index (χ2v) is 9.93. The van der Waals surface area contributed by atoms with Crippen LogP contribution in [0.2, 0.25) is 0 Å². The van der Waals surface area contributed by atoms with Crippen molar-refractivity contribution in [2.75, 3.05) is 24.4 Å². The molecular formula is C33H23F2N3O5. The maximum atomic E-state index is 15.2. The second-order valence-electron chi connectivity index (χ2n) is 9.93. The highest BCUT2D eigenvalue weighted by Crippen LogP contribution is 2.47. The SMILES string of the molecule is COc1cc2c(Oc3ccc(NC(=O)C4(C(=O)Nc5ccc(F)cc5)CC4)cc3F)ccnc2cc1OCC1=C=C=C=C1. The summed E-state index contributed by atoms with van der Waals surface area (Å²) in [4.78, 5) is 30.2. The Morgan fingerprint density at radius 1 is 0.907 bits per heavy atom. The van der Waals surface area contributed by atoms with E-state index >= 15 is 4.39 Å². The van der Waals surface area contributed by atoms with Crippen LogP contribution in [0.25, 0.3) is 10.9 Å². The van der Waals surface area contributed by atoms with Crippen molar-refractivity contribution in [3.8, 4) is 23.0 Å². The maximum Gasteiger partial charge on any atom is 0.240 e. The number of amides is 2. The van der Waals surface area contributed by atoms with Crippen LogP contribution < -0.4 is 24.8 Å². The molecule has 0 radical (unpaired) electrons. The molecule has 8 nitrogen and oxygen atoms in total. The zero-order valence-corrected chi connectivity index (χ0v) is 22.8. The van der Waals surface area contributed by atoms with Crippen LogP contribution in [0.15, 0.2) is 95.7 Å². The number of halogens is 2. The number of hydrogen-bond acceptors (Lipinski definition) is 6. The van der Waals surface area contributed by atoms with Crippen LogP contribution in [0.4, 0.5) is 20.2 Å². The Bertz CT molecular complexity index is 1920. The van der Waals surface area contributed by atoms with Crippen molar-refractivity contribution in [3.05, 3.63) is 107 Å². The summed E-state index contributed by atoms with van der Waals surface area (Å²) in [5.41, 5.74) is 8.99. The summed E-state index contributed by atoms with van der Waals surface area (Å²) >= 11 is 0. The van der Waals surface area contributed by atoms with E-state index in [0.717, 1.165) is 11.6 Å². The zero-order chi connectivity index (χ0) is 30.0. The highest BCUT2D eigenvalue weighted by molar-refractivity contribution is 6.16. The third-order valence-corrected chi connectivity index (χ3v) is 7.04. The molecule has 6 rings (SSSR count). The highest BCUT2D eigenvalue weighted by Gasteiger charge is 2.56. The summed E-state index contributed by atoms with van der Waals surface area (Å²) in [6, 6.07) is 14.2. The molecule has 0 unspecified atom stereocenters. The first-order chi connectivity index (χ1) is 20.8. The minimum atomic E-state index is -1.28. The molecule has 1 saturated carbocycles. The quantitative estimate of drug-likeness (QED) is 0.165. The number of aromatic nitrogens is 1. The third kappa shape index (κ3) is 5.75. The van der Waals surface area contributed by atoms with Gasteiger partial charge in [0.1, 0.15) is 23.6 Å². The van der Waals surface area contributed by atoms with E-state index in [2.05, 4.69) is 32.8 Å². The number of benzene rings is 3. The number of carbonyl (C=O) groups excluding carboxylic acids is 2. The van der Waals surface area contributed by atoms with E-state index in [1.54, 1.807) is 24.3 Å².